The lowest BCUT2D eigenvalue weighted by molar-refractivity contribution is 0.0950. The molecule has 2 N–H and O–H groups in total. The second-order valence-corrected chi connectivity index (χ2v) is 7.99. The average Bonchev–Trinajstić information content (AvgIpc) is 2.75. The molecule has 0 spiro atoms. The lowest BCUT2D eigenvalue weighted by atomic mass is 9.83. The highest BCUT2D eigenvalue weighted by molar-refractivity contribution is 5.93. The number of urea groups is 1. The Morgan fingerprint density at radius 1 is 1.17 bits per heavy atom. The lowest BCUT2D eigenvalue weighted by Crippen LogP contribution is -2.52. The molecular weight excluding hydrogens is 382 g/mol. The topological polar surface area (TPSA) is 96.3 Å². The first kappa shape index (κ1) is 20.1. The number of aromatic nitrogens is 2. The fourth-order valence-corrected chi connectivity index (χ4v) is 4.51. The third kappa shape index (κ3) is 4.08. The van der Waals surface area contributed by atoms with E-state index in [1.54, 1.807) is 23.0 Å². The molecule has 2 aliphatic rings. The van der Waals surface area contributed by atoms with Crippen molar-refractivity contribution < 1.29 is 9.59 Å². The lowest BCUT2D eigenvalue weighted by Gasteiger charge is -2.42. The smallest absolute Gasteiger partial charge is 0.317 e. The molecule has 8 heteroatoms. The van der Waals surface area contributed by atoms with E-state index in [2.05, 4.69) is 15.6 Å². The number of hydrogen-bond acceptors (Lipinski definition) is 4. The summed E-state index contributed by atoms with van der Waals surface area (Å²) in [5.41, 5.74) is 1.87. The number of carbonyl (C=O) groups is 2. The van der Waals surface area contributed by atoms with E-state index in [0.717, 1.165) is 17.7 Å². The number of nitrogens with one attached hydrogen (secondary N) is 2. The molecule has 4 heterocycles. The van der Waals surface area contributed by atoms with Gasteiger partial charge < -0.3 is 20.1 Å². The molecule has 0 unspecified atom stereocenters. The van der Waals surface area contributed by atoms with Gasteiger partial charge in [0.1, 0.15) is 5.56 Å². The van der Waals surface area contributed by atoms with Crippen LogP contribution in [0, 0.1) is 5.92 Å². The molecule has 4 rings (SSSR count). The highest BCUT2D eigenvalue weighted by Crippen LogP contribution is 2.35. The summed E-state index contributed by atoms with van der Waals surface area (Å²) in [7, 11) is 0. The summed E-state index contributed by atoms with van der Waals surface area (Å²) in [6, 6.07) is 7.26. The largest absolute Gasteiger partial charge is 0.352 e. The first-order valence-corrected chi connectivity index (χ1v) is 10.5. The van der Waals surface area contributed by atoms with Crippen LogP contribution in [0.1, 0.15) is 40.9 Å². The maximum Gasteiger partial charge on any atom is 0.317 e. The Hall–Kier alpha value is -3.16. The summed E-state index contributed by atoms with van der Waals surface area (Å²) >= 11 is 0. The van der Waals surface area contributed by atoms with E-state index in [0.29, 0.717) is 39.1 Å². The Kier molecular flexibility index (Phi) is 5.83. The fraction of sp³-hybridized carbons (Fsp3) is 0.455. The number of rotatable bonds is 5. The first-order chi connectivity index (χ1) is 14.6. The van der Waals surface area contributed by atoms with Gasteiger partial charge in [0.2, 0.25) is 0 Å². The Bertz CT molecular complexity index is 988. The van der Waals surface area contributed by atoms with E-state index in [9.17, 15) is 14.4 Å². The fourth-order valence-electron chi connectivity index (χ4n) is 4.51. The zero-order valence-corrected chi connectivity index (χ0v) is 17.1. The van der Waals surface area contributed by atoms with Gasteiger partial charge in [-0.05, 0) is 49.4 Å². The van der Waals surface area contributed by atoms with E-state index in [1.165, 1.54) is 0 Å². The van der Waals surface area contributed by atoms with Crippen LogP contribution in [0.25, 0.3) is 0 Å². The van der Waals surface area contributed by atoms with Gasteiger partial charge >= 0.3 is 6.03 Å². The van der Waals surface area contributed by atoms with E-state index in [1.807, 2.05) is 30.0 Å². The van der Waals surface area contributed by atoms with Crippen molar-refractivity contribution in [2.75, 3.05) is 26.2 Å². The van der Waals surface area contributed by atoms with Crippen LogP contribution in [-0.2, 0) is 13.0 Å². The van der Waals surface area contributed by atoms with E-state index in [-0.39, 0.29) is 34.9 Å². The van der Waals surface area contributed by atoms with Gasteiger partial charge in [0.05, 0.1) is 0 Å². The number of nitrogens with zero attached hydrogens (tertiary/aromatic N) is 3. The van der Waals surface area contributed by atoms with Gasteiger partial charge in [0, 0.05) is 56.7 Å². The molecule has 2 aromatic rings. The summed E-state index contributed by atoms with van der Waals surface area (Å²) in [6.07, 6.45) is 5.10. The molecule has 30 heavy (non-hydrogen) atoms. The normalized spacial score (nSPS) is 19.7. The SMILES string of the molecule is CCNC(=O)N1C[C@@H]2C[C@H](C1)c1ccc(C(=O)NCCc3cccnc3)c(=O)n1C2. The molecule has 2 atom stereocenters. The predicted molar refractivity (Wildman–Crippen MR) is 112 cm³/mol. The maximum atomic E-state index is 13.0. The molecule has 0 aromatic carbocycles. The van der Waals surface area contributed by atoms with E-state index in [4.69, 9.17) is 0 Å². The van der Waals surface area contributed by atoms with E-state index >= 15 is 0 Å². The number of amides is 3. The molecule has 2 aliphatic heterocycles. The Morgan fingerprint density at radius 2 is 2.03 bits per heavy atom. The van der Waals surface area contributed by atoms with Crippen molar-refractivity contribution >= 4 is 11.9 Å². The molecule has 0 aliphatic carbocycles. The van der Waals surface area contributed by atoms with Crippen molar-refractivity contribution in [3.63, 3.8) is 0 Å². The molecular formula is C22H27N5O3. The van der Waals surface area contributed by atoms with Crippen molar-refractivity contribution in [3.8, 4) is 0 Å². The summed E-state index contributed by atoms with van der Waals surface area (Å²) in [5, 5.41) is 5.70. The Morgan fingerprint density at radius 3 is 2.80 bits per heavy atom. The van der Waals surface area contributed by atoms with Crippen LogP contribution < -0.4 is 16.2 Å². The summed E-state index contributed by atoms with van der Waals surface area (Å²) in [4.78, 5) is 43.8. The third-order valence-electron chi connectivity index (χ3n) is 5.89. The molecule has 0 radical (unpaired) electrons. The van der Waals surface area contributed by atoms with Crippen LogP contribution in [-0.4, -0.2) is 52.6 Å². The van der Waals surface area contributed by atoms with Gasteiger partial charge in [0.15, 0.2) is 0 Å². The summed E-state index contributed by atoms with van der Waals surface area (Å²) in [5.74, 6) is -0.00480. The van der Waals surface area contributed by atoms with Crippen LogP contribution in [0.4, 0.5) is 4.79 Å². The van der Waals surface area contributed by atoms with Crippen LogP contribution in [0.2, 0.25) is 0 Å². The minimum atomic E-state index is -0.348. The summed E-state index contributed by atoms with van der Waals surface area (Å²) in [6.45, 7) is 4.71. The van der Waals surface area contributed by atoms with E-state index < -0.39 is 0 Å². The number of hydrogen-bond donors (Lipinski definition) is 2. The van der Waals surface area contributed by atoms with Crippen LogP contribution in [0.15, 0.2) is 41.5 Å². The molecule has 158 valence electrons. The highest BCUT2D eigenvalue weighted by atomic mass is 16.2. The first-order valence-electron chi connectivity index (χ1n) is 10.5. The number of pyridine rings is 2. The summed E-state index contributed by atoms with van der Waals surface area (Å²) < 4.78 is 1.74. The number of piperidine rings is 1. The van der Waals surface area contributed by atoms with Crippen molar-refractivity contribution in [3.05, 3.63) is 63.8 Å². The van der Waals surface area contributed by atoms with Crippen molar-refractivity contribution in [1.82, 2.24) is 25.1 Å². The Balaban J connectivity index is 1.46. The van der Waals surface area contributed by atoms with Gasteiger partial charge in [-0.1, -0.05) is 6.07 Å². The number of fused-ring (bicyclic) bond motifs is 4. The monoisotopic (exact) mass is 409 g/mol. The van der Waals surface area contributed by atoms with Crippen molar-refractivity contribution in [1.29, 1.82) is 0 Å². The van der Waals surface area contributed by atoms with Gasteiger partial charge in [0.25, 0.3) is 11.5 Å². The number of likely N-dealkylation sites (tertiary alicyclic amines) is 1. The second kappa shape index (κ2) is 8.69. The molecule has 1 fully saturated rings. The average molecular weight is 409 g/mol. The van der Waals surface area contributed by atoms with Gasteiger partial charge in [-0.2, -0.15) is 0 Å². The molecule has 2 bridgehead atoms. The highest BCUT2D eigenvalue weighted by Gasteiger charge is 2.36. The molecule has 0 saturated carbocycles. The van der Waals surface area contributed by atoms with Crippen molar-refractivity contribution in [2.45, 2.75) is 32.2 Å². The maximum absolute atomic E-state index is 13.0. The zero-order chi connectivity index (χ0) is 21.1. The zero-order valence-electron chi connectivity index (χ0n) is 17.1. The quantitative estimate of drug-likeness (QED) is 0.779. The second-order valence-electron chi connectivity index (χ2n) is 7.99. The van der Waals surface area contributed by atoms with Gasteiger partial charge in [-0.3, -0.25) is 14.6 Å². The predicted octanol–water partition coefficient (Wildman–Crippen LogP) is 1.36. The minimum absolute atomic E-state index is 0.0485. The van der Waals surface area contributed by atoms with Gasteiger partial charge in [-0.15, -0.1) is 0 Å². The standard InChI is InChI=1S/C22H27N5O3/c1-2-24-22(30)26-12-16-10-17(14-26)19-6-5-18(21(29)27(19)13-16)20(28)25-9-7-15-4-3-8-23-11-15/h3-6,8,11,16-17H,2,7,9-10,12-14H2,1H3,(H,24,30)(H,25,28)/t16-,17+/m0/s1. The number of carbonyl (C=O) groups excluding carboxylic acids is 2. The minimum Gasteiger partial charge on any atom is -0.352 e. The van der Waals surface area contributed by atoms with Crippen LogP contribution >= 0.6 is 0 Å². The van der Waals surface area contributed by atoms with Crippen molar-refractivity contribution in [2.24, 2.45) is 5.92 Å². The Labute approximate surface area is 175 Å². The molecule has 1 saturated heterocycles. The molecule has 2 aromatic heterocycles. The molecule has 3 amide bonds. The third-order valence-corrected chi connectivity index (χ3v) is 5.89. The van der Waals surface area contributed by atoms with Crippen LogP contribution in [0.5, 0.6) is 0 Å². The van der Waals surface area contributed by atoms with Crippen LogP contribution in [0.3, 0.4) is 0 Å². The molecule has 8 nitrogen and oxygen atoms in total. The van der Waals surface area contributed by atoms with Gasteiger partial charge in [-0.25, -0.2) is 4.79 Å².